The highest BCUT2D eigenvalue weighted by Crippen LogP contribution is 2.54. The Morgan fingerprint density at radius 2 is 1.38 bits per heavy atom. The Morgan fingerprint density at radius 3 is 1.88 bits per heavy atom. The lowest BCUT2D eigenvalue weighted by Gasteiger charge is -2.32. The topological polar surface area (TPSA) is 0 Å². The highest BCUT2D eigenvalue weighted by molar-refractivity contribution is 5.41. The first-order valence-electron chi connectivity index (χ1n) is 6.85. The second-order valence-electron chi connectivity index (χ2n) is 5.31. The van der Waals surface area contributed by atoms with Gasteiger partial charge in [0.05, 0.1) is 0 Å². The number of alkyl halides is 7. The van der Waals surface area contributed by atoms with E-state index in [2.05, 4.69) is 6.07 Å². The molecule has 0 spiro atoms. The number of halogens is 7. The summed E-state index contributed by atoms with van der Waals surface area (Å²) in [5, 5.41) is 0. The predicted octanol–water partition coefficient (Wildman–Crippen LogP) is 5.68. The Balaban J connectivity index is 2.57. The molecule has 0 atom stereocenters. The van der Waals surface area contributed by atoms with Crippen LogP contribution < -0.4 is 0 Å². The minimum absolute atomic E-state index is 0.0479. The van der Waals surface area contributed by atoms with Gasteiger partial charge in [0.2, 0.25) is 0 Å². The van der Waals surface area contributed by atoms with Crippen LogP contribution in [-0.4, -0.2) is 12.4 Å². The fourth-order valence-electron chi connectivity index (χ4n) is 2.44. The molecule has 0 aliphatic rings. The molecule has 2 aromatic carbocycles. The average molecular weight is 349 g/mol. The van der Waals surface area contributed by atoms with E-state index in [1.54, 1.807) is 30.3 Å². The van der Waals surface area contributed by atoms with Crippen molar-refractivity contribution < 1.29 is 30.7 Å². The quantitative estimate of drug-likeness (QED) is 0.626. The van der Waals surface area contributed by atoms with Crippen molar-refractivity contribution in [2.45, 2.75) is 31.4 Å². The second-order valence-corrected chi connectivity index (χ2v) is 5.31. The maximum atomic E-state index is 14.3. The van der Waals surface area contributed by atoms with Gasteiger partial charge in [0.1, 0.15) is 0 Å². The van der Waals surface area contributed by atoms with Gasteiger partial charge in [-0.25, -0.2) is 4.39 Å². The Morgan fingerprint density at radius 1 is 0.833 bits per heavy atom. The lowest BCUT2D eigenvalue weighted by atomic mass is 9.86. The largest absolute Gasteiger partial charge is 0.435 e. The highest BCUT2D eigenvalue weighted by Gasteiger charge is 2.73. The monoisotopic (exact) mass is 349 g/mol. The van der Waals surface area contributed by atoms with Gasteiger partial charge in [-0.1, -0.05) is 42.5 Å². The average Bonchev–Trinajstić information content (AvgIpc) is 2.47. The van der Waals surface area contributed by atoms with Crippen molar-refractivity contribution in [2.75, 3.05) is 0 Å². The Bertz CT molecular complexity index is 685. The zero-order valence-corrected chi connectivity index (χ0v) is 12.4. The van der Waals surface area contributed by atoms with E-state index in [4.69, 9.17) is 0 Å². The highest BCUT2D eigenvalue weighted by atomic mass is 19.4. The van der Waals surface area contributed by atoms with Crippen LogP contribution >= 0.6 is 0 Å². The standard InChI is InChI=1S/C17H12F7/c1-11-13(10-12-6-3-2-4-7-12)8-5-9-14(11)15(18,16(19,20)21)17(22,23)24/h2-7,9H,10H2,1H3. The van der Waals surface area contributed by atoms with E-state index >= 15 is 0 Å². The minimum atomic E-state index is -6.12. The third-order valence-electron chi connectivity index (χ3n) is 3.74. The lowest BCUT2D eigenvalue weighted by molar-refractivity contribution is -0.348. The van der Waals surface area contributed by atoms with Gasteiger partial charge in [-0.05, 0) is 36.1 Å². The molecule has 0 amide bonds. The fraction of sp³-hybridized carbons (Fsp3) is 0.294. The number of hydrogen-bond donors (Lipinski definition) is 0. The van der Waals surface area contributed by atoms with Gasteiger partial charge in [0, 0.05) is 5.56 Å². The molecule has 0 N–H and O–H groups in total. The van der Waals surface area contributed by atoms with E-state index in [1.807, 2.05) is 0 Å². The summed E-state index contributed by atoms with van der Waals surface area (Å²) in [7, 11) is 0. The van der Waals surface area contributed by atoms with Gasteiger partial charge in [-0.3, -0.25) is 0 Å². The summed E-state index contributed by atoms with van der Waals surface area (Å²) in [4.78, 5) is 0. The molecule has 0 aliphatic heterocycles. The molecule has 0 nitrogen and oxygen atoms in total. The third-order valence-corrected chi connectivity index (χ3v) is 3.74. The molecule has 1 radical (unpaired) electrons. The number of rotatable bonds is 3. The van der Waals surface area contributed by atoms with E-state index in [0.29, 0.717) is 11.6 Å². The van der Waals surface area contributed by atoms with Crippen LogP contribution in [0.4, 0.5) is 30.7 Å². The van der Waals surface area contributed by atoms with Gasteiger partial charge in [-0.2, -0.15) is 26.3 Å². The zero-order chi connectivity index (χ0) is 18.2. The van der Waals surface area contributed by atoms with Crippen molar-refractivity contribution in [3.8, 4) is 0 Å². The van der Waals surface area contributed by atoms with Gasteiger partial charge in [0.15, 0.2) is 0 Å². The van der Waals surface area contributed by atoms with Crippen LogP contribution in [0.3, 0.4) is 0 Å². The molecule has 24 heavy (non-hydrogen) atoms. The molecule has 0 saturated heterocycles. The van der Waals surface area contributed by atoms with E-state index in [0.717, 1.165) is 13.0 Å². The molecule has 0 aromatic heterocycles. The summed E-state index contributed by atoms with van der Waals surface area (Å²) < 4.78 is 91.8. The summed E-state index contributed by atoms with van der Waals surface area (Å²) in [6.45, 7) is 1.04. The molecule has 7 heteroatoms. The van der Waals surface area contributed by atoms with Crippen LogP contribution in [-0.2, 0) is 12.1 Å². The molecular weight excluding hydrogens is 337 g/mol. The first-order chi connectivity index (χ1) is 11.0. The predicted molar refractivity (Wildman–Crippen MR) is 74.2 cm³/mol. The molecule has 2 rings (SSSR count). The normalized spacial score (nSPS) is 13.2. The van der Waals surface area contributed by atoms with Crippen LogP contribution in [0.2, 0.25) is 0 Å². The van der Waals surface area contributed by atoms with Crippen molar-refractivity contribution in [3.05, 3.63) is 70.8 Å². The molecular formula is C17H12F7. The zero-order valence-electron chi connectivity index (χ0n) is 12.4. The summed E-state index contributed by atoms with van der Waals surface area (Å²) in [5.74, 6) is 0. The Hall–Kier alpha value is -2.05. The van der Waals surface area contributed by atoms with Gasteiger partial charge >= 0.3 is 18.0 Å². The van der Waals surface area contributed by atoms with Gasteiger partial charge in [-0.15, -0.1) is 0 Å². The van der Waals surface area contributed by atoms with E-state index in [-0.39, 0.29) is 12.0 Å². The molecule has 0 unspecified atom stereocenters. The molecule has 0 fully saturated rings. The number of benzene rings is 2. The van der Waals surface area contributed by atoms with Crippen molar-refractivity contribution in [2.24, 2.45) is 0 Å². The van der Waals surface area contributed by atoms with Crippen molar-refractivity contribution in [1.29, 1.82) is 0 Å². The summed E-state index contributed by atoms with van der Waals surface area (Å²) in [6, 6.07) is 12.4. The number of hydrogen-bond acceptors (Lipinski definition) is 0. The molecule has 0 bridgehead atoms. The lowest BCUT2D eigenvalue weighted by Crippen LogP contribution is -2.50. The molecule has 129 valence electrons. The Kier molecular flexibility index (Phi) is 4.65. The fourth-order valence-corrected chi connectivity index (χ4v) is 2.44. The maximum absolute atomic E-state index is 14.3. The van der Waals surface area contributed by atoms with Crippen molar-refractivity contribution in [1.82, 2.24) is 0 Å². The molecule has 0 heterocycles. The molecule has 0 aliphatic carbocycles. The van der Waals surface area contributed by atoms with Crippen LogP contribution in [0.5, 0.6) is 0 Å². The van der Waals surface area contributed by atoms with Crippen LogP contribution in [0, 0.1) is 13.0 Å². The summed E-state index contributed by atoms with van der Waals surface area (Å²) in [6.07, 6.45) is -12.2. The van der Waals surface area contributed by atoms with Gasteiger partial charge < -0.3 is 0 Å². The van der Waals surface area contributed by atoms with E-state index in [9.17, 15) is 30.7 Å². The first-order valence-corrected chi connectivity index (χ1v) is 6.85. The van der Waals surface area contributed by atoms with Crippen molar-refractivity contribution in [3.63, 3.8) is 0 Å². The summed E-state index contributed by atoms with van der Waals surface area (Å²) >= 11 is 0. The van der Waals surface area contributed by atoms with Crippen LogP contribution in [0.15, 0.2) is 42.5 Å². The smallest absolute Gasteiger partial charge is 0.218 e. The van der Waals surface area contributed by atoms with Gasteiger partial charge in [0.25, 0.3) is 0 Å². The van der Waals surface area contributed by atoms with Crippen LogP contribution in [0.1, 0.15) is 22.3 Å². The maximum Gasteiger partial charge on any atom is 0.435 e. The second kappa shape index (κ2) is 6.11. The Labute approximate surface area is 133 Å². The van der Waals surface area contributed by atoms with Crippen molar-refractivity contribution >= 4 is 0 Å². The molecule has 0 saturated carbocycles. The molecule has 2 aromatic rings. The SMILES string of the molecule is Cc1c(Cc2ccccc2)[c]ccc1C(F)(C(F)(F)F)C(F)(F)F. The minimum Gasteiger partial charge on any atom is -0.218 e. The van der Waals surface area contributed by atoms with E-state index in [1.165, 1.54) is 0 Å². The third kappa shape index (κ3) is 3.12. The first kappa shape index (κ1) is 18.3. The summed E-state index contributed by atoms with van der Waals surface area (Å²) in [5.41, 5.74) is -6.55. The van der Waals surface area contributed by atoms with E-state index < -0.39 is 29.1 Å². The van der Waals surface area contributed by atoms with Crippen LogP contribution in [0.25, 0.3) is 0 Å².